The zero-order valence-corrected chi connectivity index (χ0v) is 43.0. The van der Waals surface area contributed by atoms with Gasteiger partial charge in [-0.15, -0.1) is 0 Å². The smallest absolute Gasteiger partial charge is 0.407 e. The van der Waals surface area contributed by atoms with Gasteiger partial charge in [0.2, 0.25) is 11.8 Å². The summed E-state index contributed by atoms with van der Waals surface area (Å²) < 4.78 is 33.4. The number of carbonyl (C=O) groups excluding carboxylic acids is 5. The minimum Gasteiger partial charge on any atom is -0.494 e. The second-order valence-corrected chi connectivity index (χ2v) is 19.3. The molecule has 22 heteroatoms. The fourth-order valence-corrected chi connectivity index (χ4v) is 9.86. The highest BCUT2D eigenvalue weighted by atomic mass is 19.1. The number of benzene rings is 5. The third kappa shape index (κ3) is 12.3. The molecule has 0 unspecified atom stereocenters. The van der Waals surface area contributed by atoms with E-state index in [0.717, 1.165) is 27.8 Å². The Labute approximate surface area is 447 Å². The molecule has 78 heavy (non-hydrogen) atoms. The molecule has 1 aliphatic carbocycles. The van der Waals surface area contributed by atoms with Gasteiger partial charge in [0.15, 0.2) is 0 Å². The molecule has 21 nitrogen and oxygen atoms in total. The van der Waals surface area contributed by atoms with Crippen LogP contribution >= 0.6 is 0 Å². The van der Waals surface area contributed by atoms with E-state index in [1.54, 1.807) is 49.8 Å². The Bertz CT molecular complexity index is 3340. The Kier molecular flexibility index (Phi) is 16.5. The zero-order valence-electron chi connectivity index (χ0n) is 43.0. The number of amides is 6. The van der Waals surface area contributed by atoms with Crippen molar-refractivity contribution in [1.82, 2.24) is 46.2 Å². The summed E-state index contributed by atoms with van der Waals surface area (Å²) in [4.78, 5) is 81.8. The van der Waals surface area contributed by atoms with Crippen LogP contribution in [-0.2, 0) is 32.7 Å². The van der Waals surface area contributed by atoms with Crippen molar-refractivity contribution in [3.05, 3.63) is 165 Å². The number of ether oxygens (including phenoxy) is 3. The van der Waals surface area contributed by atoms with E-state index in [4.69, 9.17) is 19.9 Å². The highest BCUT2D eigenvalue weighted by molar-refractivity contribution is 5.99. The number of hydrogen-bond donors (Lipinski definition) is 8. The van der Waals surface area contributed by atoms with E-state index in [2.05, 4.69) is 52.2 Å². The van der Waals surface area contributed by atoms with E-state index in [9.17, 15) is 33.2 Å². The number of aryl methyl sites for hydroxylation is 1. The average Bonchev–Trinajstić information content (AvgIpc) is 4.10. The summed E-state index contributed by atoms with van der Waals surface area (Å²) in [5, 5.41) is 28.8. The molecule has 4 atom stereocenters. The van der Waals surface area contributed by atoms with Gasteiger partial charge in [0.1, 0.15) is 49.0 Å². The molecule has 0 fully saturated rings. The van der Waals surface area contributed by atoms with E-state index in [0.29, 0.717) is 52.4 Å². The number of H-pyrrole nitrogens is 1. The number of anilines is 2. The highest BCUT2D eigenvalue weighted by Gasteiger charge is 2.38. The fraction of sp³-hybridized carbons (Fsp3) is 0.304. The lowest BCUT2D eigenvalue weighted by Gasteiger charge is -2.33. The van der Waals surface area contributed by atoms with E-state index in [-0.39, 0.29) is 56.6 Å². The lowest BCUT2D eigenvalue weighted by molar-refractivity contribution is -0.128. The molecule has 3 heterocycles. The molecule has 0 spiro atoms. The Balaban J connectivity index is 0.722. The summed E-state index contributed by atoms with van der Waals surface area (Å²) in [6.45, 7) is 4.23. The van der Waals surface area contributed by atoms with Crippen molar-refractivity contribution < 1.29 is 42.6 Å². The van der Waals surface area contributed by atoms with Gasteiger partial charge in [-0.3, -0.25) is 19.1 Å². The van der Waals surface area contributed by atoms with Crippen molar-refractivity contribution in [2.75, 3.05) is 36.9 Å². The average molecular weight is 1060 g/mol. The highest BCUT2D eigenvalue weighted by Crippen LogP contribution is 2.47. The van der Waals surface area contributed by atoms with Crippen molar-refractivity contribution in [3.8, 4) is 16.9 Å². The maximum Gasteiger partial charge on any atom is 0.407 e. The van der Waals surface area contributed by atoms with Crippen molar-refractivity contribution in [3.63, 3.8) is 0 Å². The third-order valence-electron chi connectivity index (χ3n) is 13.7. The number of hydrogen-bond acceptors (Lipinski definition) is 13. The van der Waals surface area contributed by atoms with E-state index >= 15 is 0 Å². The zero-order chi connectivity index (χ0) is 54.9. The van der Waals surface area contributed by atoms with Gasteiger partial charge in [0.05, 0.1) is 29.6 Å². The van der Waals surface area contributed by atoms with Crippen LogP contribution in [0.25, 0.3) is 21.9 Å². The molecule has 404 valence electrons. The number of aromatic nitrogens is 5. The first kappa shape index (κ1) is 53.5. The van der Waals surface area contributed by atoms with Crippen molar-refractivity contribution >= 4 is 52.2 Å². The number of urea groups is 1. The maximum absolute atomic E-state index is 14.7. The quantitative estimate of drug-likeness (QED) is 0.0352. The van der Waals surface area contributed by atoms with Gasteiger partial charge < -0.3 is 51.8 Å². The van der Waals surface area contributed by atoms with E-state index < -0.39 is 65.5 Å². The van der Waals surface area contributed by atoms with Gasteiger partial charge in [-0.2, -0.15) is 10.2 Å². The Hall–Kier alpha value is -9.34. The molecular weight excluding hydrogens is 1000 g/mol. The molecule has 9 rings (SSSR count). The van der Waals surface area contributed by atoms with Crippen LogP contribution in [0.5, 0.6) is 5.75 Å². The molecule has 0 saturated carbocycles. The topological polar surface area (TPSA) is 288 Å². The normalized spacial score (nSPS) is 15.0. The number of nitrogens with two attached hydrogens (primary N) is 1. The largest absolute Gasteiger partial charge is 0.494 e. The predicted octanol–water partition coefficient (Wildman–Crippen LogP) is 6.62. The van der Waals surface area contributed by atoms with Crippen LogP contribution in [-0.4, -0.2) is 93.4 Å². The number of primary amides is 1. The van der Waals surface area contributed by atoms with Crippen LogP contribution in [0.15, 0.2) is 120 Å². The van der Waals surface area contributed by atoms with Gasteiger partial charge in [-0.25, -0.2) is 28.9 Å². The first-order chi connectivity index (χ1) is 37.7. The number of rotatable bonds is 21. The molecule has 2 aliphatic rings. The number of aromatic amines is 1. The first-order valence-corrected chi connectivity index (χ1v) is 25.5. The number of carbonyl (C=O) groups is 5. The van der Waals surface area contributed by atoms with Gasteiger partial charge in [0, 0.05) is 42.8 Å². The van der Waals surface area contributed by atoms with Crippen LogP contribution in [0.1, 0.15) is 84.8 Å². The molecular formula is C56H59FN12O9. The molecule has 2 aromatic heterocycles. The standard InChI is InChI=1S/C56H59FN12O9/c1-31(2)47(66-56(75)78-29-42-39-12-6-4-10-37(39)38-11-5-7-13-40(38)42)53(72)65-43(14-8-23-59-54(58)73)52(71)63-35-19-15-32(16-20-35)28-77-55(74)60-24-9-25-76-36-21-17-33(18-22-36)48-46(50-61-30-62-69(50)3)49-45-41(51(70)68-67-49)26-34(57)27-44(45)64-48/h4-7,10-13,15-22,26-27,30-31,42-43,46-48,64H,8-9,14,23-25,28-29H2,1-3H3,(H,60,74)(H,63,71)(H,65,72)(H,66,75)(H,68,70)(H3,58,59,73)/t43-,46+,47-,48+/m0/s1. The van der Waals surface area contributed by atoms with Crippen molar-refractivity contribution in [2.24, 2.45) is 18.7 Å². The molecule has 1 aliphatic heterocycles. The summed E-state index contributed by atoms with van der Waals surface area (Å²) in [6.07, 6.45) is 0.915. The SMILES string of the molecule is CC(C)[C@H](NC(=O)OCC1c2ccccc2-c2ccccc21)C(=O)N[C@@H](CCCNC(N)=O)C(=O)Nc1ccc(COC(=O)NCCCOc2ccc([C@H]3Nc4cc(F)cc5c(=O)[nH]nc(c45)[C@@H]3c3ncnn3C)cc2)cc1. The third-order valence-corrected chi connectivity index (χ3v) is 13.7. The fourth-order valence-electron chi connectivity index (χ4n) is 9.86. The summed E-state index contributed by atoms with van der Waals surface area (Å²) in [6, 6.07) is 29.2. The lowest BCUT2D eigenvalue weighted by Crippen LogP contribution is -2.54. The molecule has 5 aromatic carbocycles. The Morgan fingerprint density at radius 1 is 0.821 bits per heavy atom. The van der Waals surface area contributed by atoms with Gasteiger partial charge in [0.25, 0.3) is 5.56 Å². The first-order valence-electron chi connectivity index (χ1n) is 25.5. The maximum atomic E-state index is 14.7. The molecule has 9 N–H and O–H groups in total. The number of nitrogens with zero attached hydrogens (tertiary/aromatic N) is 4. The Morgan fingerprint density at radius 3 is 2.21 bits per heavy atom. The minimum absolute atomic E-state index is 0.0555. The molecule has 6 amide bonds. The minimum atomic E-state index is -1.07. The van der Waals surface area contributed by atoms with Crippen LogP contribution in [0.4, 0.5) is 30.1 Å². The van der Waals surface area contributed by atoms with Crippen LogP contribution in [0.2, 0.25) is 0 Å². The van der Waals surface area contributed by atoms with Gasteiger partial charge in [-0.1, -0.05) is 86.6 Å². The van der Waals surface area contributed by atoms with E-state index in [1.165, 1.54) is 18.5 Å². The number of nitrogens with one attached hydrogen (secondary N) is 7. The molecule has 0 radical (unpaired) electrons. The number of alkyl carbamates (subject to hydrolysis) is 2. The van der Waals surface area contributed by atoms with Crippen molar-refractivity contribution in [2.45, 2.75) is 69.7 Å². The summed E-state index contributed by atoms with van der Waals surface area (Å²) in [5.41, 5.74) is 11.8. The Morgan fingerprint density at radius 2 is 1.53 bits per heavy atom. The van der Waals surface area contributed by atoms with E-state index in [1.807, 2.05) is 72.8 Å². The molecule has 7 aromatic rings. The summed E-state index contributed by atoms with van der Waals surface area (Å²) in [5.74, 6) is -1.57. The molecule has 0 saturated heterocycles. The summed E-state index contributed by atoms with van der Waals surface area (Å²) in [7, 11) is 1.77. The van der Waals surface area contributed by atoms with Gasteiger partial charge >= 0.3 is 18.2 Å². The summed E-state index contributed by atoms with van der Waals surface area (Å²) >= 11 is 0. The molecule has 0 bridgehead atoms. The van der Waals surface area contributed by atoms with Crippen LogP contribution in [0, 0.1) is 11.7 Å². The second kappa shape index (κ2) is 24.1. The lowest BCUT2D eigenvalue weighted by atomic mass is 9.83. The van der Waals surface area contributed by atoms with Gasteiger partial charge in [-0.05, 0) is 95.0 Å². The predicted molar refractivity (Wildman–Crippen MR) is 287 cm³/mol. The second-order valence-electron chi connectivity index (χ2n) is 19.3. The van der Waals surface area contributed by atoms with Crippen LogP contribution < -0.4 is 47.9 Å². The monoisotopic (exact) mass is 1060 g/mol. The number of halogens is 1. The van der Waals surface area contributed by atoms with Crippen LogP contribution in [0.3, 0.4) is 0 Å². The number of fused-ring (bicyclic) bond motifs is 3. The van der Waals surface area contributed by atoms with Crippen molar-refractivity contribution in [1.29, 1.82) is 0 Å².